The molecule has 2 aromatic carbocycles. The average Bonchev–Trinajstić information content (AvgIpc) is 3.25. The number of amides is 2. The summed E-state index contributed by atoms with van der Waals surface area (Å²) >= 11 is 12.1. The number of nitrogens with zero attached hydrogens (tertiary/aromatic N) is 4. The number of nitrogens with one attached hydrogen (secondary N) is 1. The van der Waals surface area contributed by atoms with E-state index in [9.17, 15) is 14.4 Å². The fraction of sp³-hybridized carbons (Fsp3) is 0.185. The SMILES string of the molecule is COc1ccc(-n2c(C(=O)NCc3cccnc3)c3n(c2=O)CCN(C(=O)c2ccc(Cl)c(Cl)c2)C3)cc1. The second-order valence-corrected chi connectivity index (χ2v) is 9.48. The number of carbonyl (C=O) groups is 2. The molecule has 2 amide bonds. The molecule has 0 radical (unpaired) electrons. The van der Waals surface area contributed by atoms with Gasteiger partial charge in [-0.15, -0.1) is 0 Å². The van der Waals surface area contributed by atoms with Crippen LogP contribution in [0.25, 0.3) is 5.69 Å². The normalized spacial score (nSPS) is 12.7. The van der Waals surface area contributed by atoms with Crippen molar-refractivity contribution in [3.05, 3.63) is 110 Å². The summed E-state index contributed by atoms with van der Waals surface area (Å²) in [6.45, 7) is 0.801. The van der Waals surface area contributed by atoms with Gasteiger partial charge in [0.2, 0.25) is 0 Å². The molecule has 0 bridgehead atoms. The third-order valence-electron chi connectivity index (χ3n) is 6.35. The van der Waals surface area contributed by atoms with Gasteiger partial charge in [-0.25, -0.2) is 4.79 Å². The van der Waals surface area contributed by atoms with E-state index in [2.05, 4.69) is 10.3 Å². The van der Waals surface area contributed by atoms with E-state index in [0.29, 0.717) is 27.7 Å². The van der Waals surface area contributed by atoms with Gasteiger partial charge in [0.05, 0.1) is 35.1 Å². The van der Waals surface area contributed by atoms with Gasteiger partial charge in [0.15, 0.2) is 0 Å². The molecular formula is C27H23Cl2N5O4. The molecule has 1 aliphatic rings. The molecule has 9 nitrogen and oxygen atoms in total. The lowest BCUT2D eigenvalue weighted by Crippen LogP contribution is -2.41. The Balaban J connectivity index is 1.53. The molecule has 0 spiro atoms. The Kier molecular flexibility index (Phi) is 7.22. The first kappa shape index (κ1) is 25.6. The molecular weight excluding hydrogens is 529 g/mol. The minimum absolute atomic E-state index is 0.0626. The molecule has 0 fully saturated rings. The third-order valence-corrected chi connectivity index (χ3v) is 7.09. The van der Waals surface area contributed by atoms with Crippen LogP contribution in [-0.2, 0) is 19.6 Å². The molecule has 194 valence electrons. The van der Waals surface area contributed by atoms with Crippen molar-refractivity contribution in [1.29, 1.82) is 0 Å². The molecule has 0 aliphatic carbocycles. The zero-order valence-corrected chi connectivity index (χ0v) is 21.9. The van der Waals surface area contributed by atoms with Gasteiger partial charge in [0.1, 0.15) is 11.4 Å². The zero-order chi connectivity index (χ0) is 26.8. The van der Waals surface area contributed by atoms with Gasteiger partial charge in [-0.1, -0.05) is 29.3 Å². The van der Waals surface area contributed by atoms with Crippen LogP contribution in [-0.4, -0.2) is 44.5 Å². The molecule has 2 aromatic heterocycles. The first-order chi connectivity index (χ1) is 18.4. The average molecular weight is 552 g/mol. The molecule has 0 saturated heterocycles. The monoisotopic (exact) mass is 551 g/mol. The highest BCUT2D eigenvalue weighted by atomic mass is 35.5. The molecule has 38 heavy (non-hydrogen) atoms. The van der Waals surface area contributed by atoms with Crippen LogP contribution in [0.1, 0.15) is 32.1 Å². The molecule has 1 N–H and O–H groups in total. The van der Waals surface area contributed by atoms with Crippen LogP contribution in [0.15, 0.2) is 71.8 Å². The molecule has 11 heteroatoms. The van der Waals surface area contributed by atoms with Crippen LogP contribution < -0.4 is 15.7 Å². The fourth-order valence-corrected chi connectivity index (χ4v) is 4.72. The summed E-state index contributed by atoms with van der Waals surface area (Å²) in [6, 6.07) is 15.2. The van der Waals surface area contributed by atoms with E-state index in [0.717, 1.165) is 5.56 Å². The highest BCUT2D eigenvalue weighted by Gasteiger charge is 2.32. The Labute approximate surface area is 228 Å². The van der Waals surface area contributed by atoms with Gasteiger partial charge in [-0.05, 0) is 54.1 Å². The number of aromatic nitrogens is 3. The number of ether oxygens (including phenoxy) is 1. The number of carbonyl (C=O) groups excluding carboxylic acids is 2. The number of benzene rings is 2. The summed E-state index contributed by atoms with van der Waals surface area (Å²) in [7, 11) is 1.55. The quantitative estimate of drug-likeness (QED) is 0.391. The standard InChI is InChI=1S/C27H23Cl2N5O4/c1-38-20-7-5-19(6-8-20)34-24(25(35)31-15-17-3-2-10-30-14-17)23-16-32(11-12-33(23)27(34)37)26(36)18-4-9-21(28)22(29)13-18/h2-10,13-14H,11-12,15-16H2,1H3,(H,31,35). The molecule has 0 unspecified atom stereocenters. The van der Waals surface area contributed by atoms with Crippen LogP contribution in [0.5, 0.6) is 5.75 Å². The van der Waals surface area contributed by atoms with Crippen LogP contribution in [0.3, 0.4) is 0 Å². The van der Waals surface area contributed by atoms with E-state index in [-0.39, 0.29) is 48.5 Å². The van der Waals surface area contributed by atoms with E-state index < -0.39 is 5.91 Å². The number of imidazole rings is 1. The van der Waals surface area contributed by atoms with Crippen molar-refractivity contribution in [2.45, 2.75) is 19.6 Å². The Bertz CT molecular complexity index is 1570. The molecule has 3 heterocycles. The Morgan fingerprint density at radius 2 is 1.84 bits per heavy atom. The lowest BCUT2D eigenvalue weighted by Gasteiger charge is -2.28. The minimum atomic E-state index is -0.445. The second-order valence-electron chi connectivity index (χ2n) is 8.66. The maximum atomic E-state index is 13.6. The summed E-state index contributed by atoms with van der Waals surface area (Å²) in [5.41, 5.74) is 1.92. The Hall–Kier alpha value is -4.08. The van der Waals surface area contributed by atoms with Crippen LogP contribution in [0.2, 0.25) is 10.0 Å². The molecule has 5 rings (SSSR count). The fourth-order valence-electron chi connectivity index (χ4n) is 4.42. The van der Waals surface area contributed by atoms with Gasteiger partial charge in [0.25, 0.3) is 11.8 Å². The molecule has 4 aromatic rings. The lowest BCUT2D eigenvalue weighted by molar-refractivity contribution is 0.0706. The Morgan fingerprint density at radius 1 is 1.05 bits per heavy atom. The topological polar surface area (TPSA) is 98.5 Å². The van der Waals surface area contributed by atoms with Crippen LogP contribution >= 0.6 is 23.2 Å². The van der Waals surface area contributed by atoms with E-state index in [1.807, 2.05) is 6.07 Å². The first-order valence-corrected chi connectivity index (χ1v) is 12.5. The van der Waals surface area contributed by atoms with E-state index in [4.69, 9.17) is 27.9 Å². The van der Waals surface area contributed by atoms with Gasteiger partial charge >= 0.3 is 5.69 Å². The van der Waals surface area contributed by atoms with Crippen molar-refractivity contribution in [2.24, 2.45) is 0 Å². The number of fused-ring (bicyclic) bond motifs is 1. The van der Waals surface area contributed by atoms with Crippen LogP contribution in [0, 0.1) is 0 Å². The van der Waals surface area contributed by atoms with Crippen molar-refractivity contribution >= 4 is 35.0 Å². The number of methoxy groups -OCH3 is 1. The number of hydrogen-bond acceptors (Lipinski definition) is 5. The van der Waals surface area contributed by atoms with Crippen molar-refractivity contribution in [2.75, 3.05) is 13.7 Å². The largest absolute Gasteiger partial charge is 0.497 e. The minimum Gasteiger partial charge on any atom is -0.497 e. The number of pyridine rings is 1. The second kappa shape index (κ2) is 10.7. The van der Waals surface area contributed by atoms with Crippen molar-refractivity contribution in [3.63, 3.8) is 0 Å². The highest BCUT2D eigenvalue weighted by Crippen LogP contribution is 2.26. The summed E-state index contributed by atoms with van der Waals surface area (Å²) < 4.78 is 8.16. The predicted molar refractivity (Wildman–Crippen MR) is 143 cm³/mol. The number of rotatable bonds is 6. The maximum absolute atomic E-state index is 13.6. The third kappa shape index (κ3) is 4.90. The number of halogens is 2. The van der Waals surface area contributed by atoms with E-state index in [1.165, 1.54) is 10.6 Å². The first-order valence-electron chi connectivity index (χ1n) is 11.8. The van der Waals surface area contributed by atoms with Crippen molar-refractivity contribution in [3.8, 4) is 11.4 Å². The zero-order valence-electron chi connectivity index (χ0n) is 20.4. The molecule has 0 saturated carbocycles. The van der Waals surface area contributed by atoms with Gasteiger partial charge in [-0.3, -0.25) is 23.7 Å². The van der Waals surface area contributed by atoms with Gasteiger partial charge in [-0.2, -0.15) is 0 Å². The van der Waals surface area contributed by atoms with Gasteiger partial charge in [0, 0.05) is 37.6 Å². The number of hydrogen-bond donors (Lipinski definition) is 1. The molecule has 0 atom stereocenters. The van der Waals surface area contributed by atoms with E-state index in [1.54, 1.807) is 71.4 Å². The summed E-state index contributed by atoms with van der Waals surface area (Å²) in [5, 5.41) is 3.51. The van der Waals surface area contributed by atoms with Gasteiger partial charge < -0.3 is 15.0 Å². The lowest BCUT2D eigenvalue weighted by atomic mass is 10.1. The Morgan fingerprint density at radius 3 is 2.53 bits per heavy atom. The summed E-state index contributed by atoms with van der Waals surface area (Å²) in [6.07, 6.45) is 3.31. The van der Waals surface area contributed by atoms with E-state index >= 15 is 0 Å². The predicted octanol–water partition coefficient (Wildman–Crippen LogP) is 3.94. The summed E-state index contributed by atoms with van der Waals surface area (Å²) in [5.74, 6) is -0.104. The molecule has 1 aliphatic heterocycles. The smallest absolute Gasteiger partial charge is 0.333 e. The summed E-state index contributed by atoms with van der Waals surface area (Å²) in [4.78, 5) is 46.1. The maximum Gasteiger partial charge on any atom is 0.333 e. The van der Waals surface area contributed by atoms with Crippen molar-refractivity contribution in [1.82, 2.24) is 24.3 Å². The van der Waals surface area contributed by atoms with Crippen molar-refractivity contribution < 1.29 is 14.3 Å². The van der Waals surface area contributed by atoms with Crippen LogP contribution in [0.4, 0.5) is 0 Å². The highest BCUT2D eigenvalue weighted by molar-refractivity contribution is 6.42.